The molecule has 0 saturated carbocycles. The van der Waals surface area contributed by atoms with Crippen molar-refractivity contribution in [2.24, 2.45) is 0 Å². The number of fused-ring (bicyclic) bond motifs is 1. The van der Waals surface area contributed by atoms with Gasteiger partial charge in [0.1, 0.15) is 18.3 Å². The number of para-hydroxylation sites is 2. The molecule has 4 aromatic rings. The van der Waals surface area contributed by atoms with Crippen molar-refractivity contribution in [1.29, 1.82) is 0 Å². The number of carbonyl (C=O) groups excluding carboxylic acids is 1. The molecule has 8 nitrogen and oxygen atoms in total. The average molecular weight is 352 g/mol. The van der Waals surface area contributed by atoms with Gasteiger partial charge in [-0.3, -0.25) is 14.0 Å². The zero-order valence-electron chi connectivity index (χ0n) is 13.7. The molecule has 3 aromatic heterocycles. The van der Waals surface area contributed by atoms with Gasteiger partial charge in [0.2, 0.25) is 5.91 Å². The molecule has 0 bridgehead atoms. The quantitative estimate of drug-likeness (QED) is 0.571. The summed E-state index contributed by atoms with van der Waals surface area (Å²) in [6.07, 6.45) is 5.03. The molecule has 26 heavy (non-hydrogen) atoms. The lowest BCUT2D eigenvalue weighted by Gasteiger charge is -2.16. The fourth-order valence-corrected chi connectivity index (χ4v) is 2.84. The molecule has 1 atom stereocenters. The van der Waals surface area contributed by atoms with Crippen molar-refractivity contribution in [3.05, 3.63) is 77.4 Å². The van der Waals surface area contributed by atoms with E-state index in [4.69, 9.17) is 8.83 Å². The Labute approximate surface area is 147 Å². The summed E-state index contributed by atoms with van der Waals surface area (Å²) >= 11 is 0. The Morgan fingerprint density at radius 1 is 1.19 bits per heavy atom. The highest BCUT2D eigenvalue weighted by molar-refractivity contribution is 5.79. The van der Waals surface area contributed by atoms with Gasteiger partial charge in [0.15, 0.2) is 5.58 Å². The number of amides is 1. The molecule has 0 unspecified atom stereocenters. The van der Waals surface area contributed by atoms with Gasteiger partial charge in [0.05, 0.1) is 11.8 Å². The predicted molar refractivity (Wildman–Crippen MR) is 92.6 cm³/mol. The van der Waals surface area contributed by atoms with E-state index in [0.717, 1.165) is 0 Å². The Kier molecular flexibility index (Phi) is 4.14. The number of benzene rings is 1. The van der Waals surface area contributed by atoms with Crippen LogP contribution in [0.3, 0.4) is 0 Å². The summed E-state index contributed by atoms with van der Waals surface area (Å²) in [4.78, 5) is 24.4. The Balaban J connectivity index is 1.49. The normalized spacial score (nSPS) is 12.3. The highest BCUT2D eigenvalue weighted by atomic mass is 16.4. The number of aromatic nitrogens is 3. The average Bonchev–Trinajstić information content (AvgIpc) is 3.38. The fourth-order valence-electron chi connectivity index (χ4n) is 2.84. The Hall–Kier alpha value is -3.55. The lowest BCUT2D eigenvalue weighted by molar-refractivity contribution is -0.121. The molecular formula is C18H16N4O4. The largest absolute Gasteiger partial charge is 0.467 e. The van der Waals surface area contributed by atoms with Crippen molar-refractivity contribution in [2.75, 3.05) is 6.54 Å². The second kappa shape index (κ2) is 6.75. The summed E-state index contributed by atoms with van der Waals surface area (Å²) in [5.41, 5.74) is 1.04. The molecule has 0 fully saturated rings. The van der Waals surface area contributed by atoms with Gasteiger partial charge in [-0.15, -0.1) is 0 Å². The first-order chi connectivity index (χ1) is 12.7. The first-order valence-electron chi connectivity index (χ1n) is 8.10. The van der Waals surface area contributed by atoms with Gasteiger partial charge in [-0.1, -0.05) is 12.1 Å². The van der Waals surface area contributed by atoms with E-state index < -0.39 is 5.76 Å². The Morgan fingerprint density at radius 2 is 2.08 bits per heavy atom. The van der Waals surface area contributed by atoms with Crippen molar-refractivity contribution in [3.8, 4) is 0 Å². The van der Waals surface area contributed by atoms with Crippen LogP contribution in [0.2, 0.25) is 0 Å². The number of nitrogens with zero attached hydrogens (tertiary/aromatic N) is 3. The molecular weight excluding hydrogens is 336 g/mol. The zero-order chi connectivity index (χ0) is 17.9. The van der Waals surface area contributed by atoms with Crippen LogP contribution in [0.5, 0.6) is 0 Å². The van der Waals surface area contributed by atoms with Crippen LogP contribution in [-0.4, -0.2) is 26.8 Å². The maximum atomic E-state index is 12.4. The van der Waals surface area contributed by atoms with E-state index in [2.05, 4.69) is 10.4 Å². The van der Waals surface area contributed by atoms with Gasteiger partial charge in [0.25, 0.3) is 0 Å². The number of carbonyl (C=O) groups is 1. The van der Waals surface area contributed by atoms with E-state index in [9.17, 15) is 9.59 Å². The number of rotatable bonds is 6. The standard InChI is InChI=1S/C18H16N4O4/c23-17(12-21-13-5-1-2-6-16(13)26-18(21)24)19-11-14(15-7-3-10-25-15)22-9-4-8-20-22/h1-10,14H,11-12H2,(H,19,23)/t14-/m1/s1. The summed E-state index contributed by atoms with van der Waals surface area (Å²) in [6.45, 7) is 0.151. The van der Waals surface area contributed by atoms with Gasteiger partial charge >= 0.3 is 5.76 Å². The molecule has 4 rings (SSSR count). The van der Waals surface area contributed by atoms with Gasteiger partial charge in [-0.25, -0.2) is 4.79 Å². The van der Waals surface area contributed by atoms with Crippen LogP contribution in [0, 0.1) is 0 Å². The second-order valence-electron chi connectivity index (χ2n) is 5.74. The summed E-state index contributed by atoms with van der Waals surface area (Å²) in [5, 5.41) is 7.04. The number of hydrogen-bond acceptors (Lipinski definition) is 5. The Morgan fingerprint density at radius 3 is 2.85 bits per heavy atom. The van der Waals surface area contributed by atoms with E-state index >= 15 is 0 Å². The lowest BCUT2D eigenvalue weighted by atomic mass is 10.2. The third kappa shape index (κ3) is 3.04. The van der Waals surface area contributed by atoms with Gasteiger partial charge in [-0.05, 0) is 30.3 Å². The SMILES string of the molecule is O=C(Cn1c(=O)oc2ccccc21)NC[C@H](c1ccco1)n1cccn1. The first-order valence-corrected chi connectivity index (χ1v) is 8.10. The van der Waals surface area contributed by atoms with Crippen LogP contribution in [-0.2, 0) is 11.3 Å². The molecule has 8 heteroatoms. The molecule has 0 aliphatic carbocycles. The molecule has 3 heterocycles. The van der Waals surface area contributed by atoms with Crippen LogP contribution >= 0.6 is 0 Å². The summed E-state index contributed by atoms with van der Waals surface area (Å²) in [7, 11) is 0. The zero-order valence-corrected chi connectivity index (χ0v) is 13.7. The molecule has 0 radical (unpaired) electrons. The molecule has 1 amide bonds. The van der Waals surface area contributed by atoms with Crippen LogP contribution in [0.4, 0.5) is 0 Å². The van der Waals surface area contributed by atoms with Gasteiger partial charge in [-0.2, -0.15) is 5.10 Å². The van der Waals surface area contributed by atoms with E-state index in [-0.39, 0.29) is 25.0 Å². The minimum Gasteiger partial charge on any atom is -0.467 e. The first kappa shape index (κ1) is 15.9. The second-order valence-corrected chi connectivity index (χ2v) is 5.74. The summed E-state index contributed by atoms with van der Waals surface area (Å²) < 4.78 is 13.6. The van der Waals surface area contributed by atoms with Crippen LogP contribution < -0.4 is 11.1 Å². The highest BCUT2D eigenvalue weighted by Gasteiger charge is 2.19. The third-order valence-corrected chi connectivity index (χ3v) is 4.08. The molecule has 1 N–H and O–H groups in total. The van der Waals surface area contributed by atoms with Gasteiger partial charge in [0, 0.05) is 18.9 Å². The highest BCUT2D eigenvalue weighted by Crippen LogP contribution is 2.17. The molecule has 1 aromatic carbocycles. The number of hydrogen-bond donors (Lipinski definition) is 1. The lowest BCUT2D eigenvalue weighted by Crippen LogP contribution is -2.35. The summed E-state index contributed by atoms with van der Waals surface area (Å²) in [6, 6.07) is 12.1. The number of nitrogens with one attached hydrogen (secondary N) is 1. The molecule has 0 saturated heterocycles. The van der Waals surface area contributed by atoms with Crippen molar-refractivity contribution in [1.82, 2.24) is 19.7 Å². The fraction of sp³-hybridized carbons (Fsp3) is 0.167. The van der Waals surface area contributed by atoms with Crippen molar-refractivity contribution >= 4 is 17.0 Å². The van der Waals surface area contributed by atoms with E-state index in [1.54, 1.807) is 59.7 Å². The third-order valence-electron chi connectivity index (χ3n) is 4.08. The maximum absolute atomic E-state index is 12.4. The number of furan rings is 1. The number of oxazole rings is 1. The molecule has 0 spiro atoms. The topological polar surface area (TPSA) is 95.2 Å². The van der Waals surface area contributed by atoms with E-state index in [1.165, 1.54) is 4.57 Å². The van der Waals surface area contributed by atoms with Crippen molar-refractivity contribution in [2.45, 2.75) is 12.6 Å². The maximum Gasteiger partial charge on any atom is 0.420 e. The Bertz CT molecular complexity index is 1030. The molecule has 0 aliphatic heterocycles. The van der Waals surface area contributed by atoms with Crippen molar-refractivity contribution in [3.63, 3.8) is 0 Å². The van der Waals surface area contributed by atoms with Gasteiger partial charge < -0.3 is 14.2 Å². The van der Waals surface area contributed by atoms with E-state index in [1.807, 2.05) is 6.07 Å². The van der Waals surface area contributed by atoms with E-state index in [0.29, 0.717) is 16.9 Å². The molecule has 132 valence electrons. The van der Waals surface area contributed by atoms with Crippen LogP contribution in [0.25, 0.3) is 11.1 Å². The van der Waals surface area contributed by atoms with Crippen LogP contribution in [0.15, 0.2) is 74.8 Å². The van der Waals surface area contributed by atoms with Crippen molar-refractivity contribution < 1.29 is 13.6 Å². The molecule has 0 aliphatic rings. The minimum atomic E-state index is -0.559. The predicted octanol–water partition coefficient (Wildman–Crippen LogP) is 1.79. The monoisotopic (exact) mass is 352 g/mol. The smallest absolute Gasteiger partial charge is 0.420 e. The van der Waals surface area contributed by atoms with Crippen LogP contribution in [0.1, 0.15) is 11.8 Å². The summed E-state index contributed by atoms with van der Waals surface area (Å²) in [5.74, 6) is -0.182. The minimum absolute atomic E-state index is 0.125.